The van der Waals surface area contributed by atoms with Crippen LogP contribution in [-0.4, -0.2) is 55.7 Å². The van der Waals surface area contributed by atoms with Crippen molar-refractivity contribution in [2.75, 3.05) is 23.3 Å². The van der Waals surface area contributed by atoms with Crippen LogP contribution in [0.1, 0.15) is 43.5 Å². The van der Waals surface area contributed by atoms with Crippen LogP contribution in [0.25, 0.3) is 0 Å². The Morgan fingerprint density at radius 3 is 2.65 bits per heavy atom. The summed E-state index contributed by atoms with van der Waals surface area (Å²) in [6, 6.07) is 12.4. The van der Waals surface area contributed by atoms with E-state index in [1.54, 1.807) is 24.3 Å². The second-order valence-corrected chi connectivity index (χ2v) is 10.4. The molecule has 2 aromatic carbocycles. The first-order valence-electron chi connectivity index (χ1n) is 11.2. The minimum atomic E-state index is -3.76. The Labute approximate surface area is 198 Å². The summed E-state index contributed by atoms with van der Waals surface area (Å²) in [7, 11) is -3.76. The Morgan fingerprint density at radius 2 is 1.88 bits per heavy atom. The number of amides is 2. The highest BCUT2D eigenvalue weighted by Crippen LogP contribution is 2.30. The van der Waals surface area contributed by atoms with Crippen LogP contribution in [0.5, 0.6) is 0 Å². The molecule has 9 nitrogen and oxygen atoms in total. The van der Waals surface area contributed by atoms with Gasteiger partial charge in [-0.25, -0.2) is 13.2 Å². The van der Waals surface area contributed by atoms with E-state index in [0.717, 1.165) is 19.3 Å². The molecule has 4 rings (SSSR count). The van der Waals surface area contributed by atoms with E-state index in [2.05, 4.69) is 5.32 Å². The molecule has 2 aliphatic heterocycles. The van der Waals surface area contributed by atoms with Gasteiger partial charge < -0.3 is 10.1 Å². The molecule has 0 bridgehead atoms. The number of para-hydroxylation sites is 2. The standard InChI is InChI=1S/C24H27N3O6S/c1-16-8-5-6-13-27(16)34(31,32)19-10-7-9-18(14-19)24(30)33-17(2)23(29)26-15-22(28)25-20-11-3-4-12-21(20)26/h3-4,7,9-12,14,16-17H,5-6,8,13,15H2,1-2H3,(H,25,28)/t16-,17-/m0/s1. The van der Waals surface area contributed by atoms with Crippen molar-refractivity contribution in [2.24, 2.45) is 0 Å². The lowest BCUT2D eigenvalue weighted by Gasteiger charge is -2.32. The highest BCUT2D eigenvalue weighted by molar-refractivity contribution is 7.89. The number of nitrogens with zero attached hydrogens (tertiary/aromatic N) is 2. The molecule has 0 radical (unpaired) electrons. The average molecular weight is 486 g/mol. The number of nitrogens with one attached hydrogen (secondary N) is 1. The Kier molecular flexibility index (Phi) is 6.72. The Bertz CT molecular complexity index is 1230. The van der Waals surface area contributed by atoms with Crippen molar-refractivity contribution in [3.8, 4) is 0 Å². The summed E-state index contributed by atoms with van der Waals surface area (Å²) in [5, 5.41) is 2.70. The molecule has 2 heterocycles. The summed E-state index contributed by atoms with van der Waals surface area (Å²) < 4.78 is 33.1. The number of hydrogen-bond acceptors (Lipinski definition) is 6. The van der Waals surface area contributed by atoms with Gasteiger partial charge in [0.1, 0.15) is 6.54 Å². The molecule has 2 aromatic rings. The lowest BCUT2D eigenvalue weighted by molar-refractivity contribution is -0.128. The Morgan fingerprint density at radius 1 is 1.12 bits per heavy atom. The predicted octanol–water partition coefficient (Wildman–Crippen LogP) is 2.78. The third kappa shape index (κ3) is 4.69. The van der Waals surface area contributed by atoms with E-state index in [9.17, 15) is 22.8 Å². The molecule has 0 unspecified atom stereocenters. The highest BCUT2D eigenvalue weighted by atomic mass is 32.2. The molecule has 2 aliphatic rings. The summed E-state index contributed by atoms with van der Waals surface area (Å²) in [5.74, 6) is -1.73. The van der Waals surface area contributed by atoms with E-state index in [0.29, 0.717) is 17.9 Å². The summed E-state index contributed by atoms with van der Waals surface area (Å²) in [5.41, 5.74) is 1.04. The predicted molar refractivity (Wildman–Crippen MR) is 126 cm³/mol. The van der Waals surface area contributed by atoms with Crippen molar-refractivity contribution >= 4 is 39.2 Å². The van der Waals surface area contributed by atoms with Gasteiger partial charge in [-0.05, 0) is 57.0 Å². The quantitative estimate of drug-likeness (QED) is 0.652. The SMILES string of the molecule is C[C@H](OC(=O)c1cccc(S(=O)(=O)N2CCCC[C@@H]2C)c1)C(=O)N1CC(=O)Nc2ccccc21. The fourth-order valence-electron chi connectivity index (χ4n) is 4.28. The van der Waals surface area contributed by atoms with Crippen LogP contribution in [-0.2, 0) is 24.3 Å². The zero-order chi connectivity index (χ0) is 24.5. The lowest BCUT2D eigenvalue weighted by Crippen LogP contribution is -2.47. The summed E-state index contributed by atoms with van der Waals surface area (Å²) in [6.45, 7) is 3.54. The Hall–Kier alpha value is -3.24. The van der Waals surface area contributed by atoms with Crippen LogP contribution in [0, 0.1) is 0 Å². The van der Waals surface area contributed by atoms with E-state index in [4.69, 9.17) is 4.74 Å². The second kappa shape index (κ2) is 9.55. The number of ether oxygens (including phenoxy) is 1. The van der Waals surface area contributed by atoms with Gasteiger partial charge in [0.05, 0.1) is 21.8 Å². The van der Waals surface area contributed by atoms with Crippen LogP contribution >= 0.6 is 0 Å². The minimum Gasteiger partial charge on any atom is -0.449 e. The third-order valence-corrected chi connectivity index (χ3v) is 8.10. The topological polar surface area (TPSA) is 113 Å². The fourth-order valence-corrected chi connectivity index (χ4v) is 6.02. The molecule has 1 N–H and O–H groups in total. The van der Waals surface area contributed by atoms with Crippen LogP contribution in [0.3, 0.4) is 0 Å². The molecule has 2 amide bonds. The molecule has 0 spiro atoms. The molecule has 180 valence electrons. The first kappa shape index (κ1) is 23.9. The van der Waals surface area contributed by atoms with Gasteiger partial charge in [-0.3, -0.25) is 14.5 Å². The molecule has 34 heavy (non-hydrogen) atoms. The monoisotopic (exact) mass is 485 g/mol. The van der Waals surface area contributed by atoms with Gasteiger partial charge >= 0.3 is 5.97 Å². The first-order valence-corrected chi connectivity index (χ1v) is 12.7. The van der Waals surface area contributed by atoms with Gasteiger partial charge in [0.2, 0.25) is 15.9 Å². The maximum atomic E-state index is 13.1. The van der Waals surface area contributed by atoms with Crippen molar-refractivity contribution < 1.29 is 27.5 Å². The van der Waals surface area contributed by atoms with Crippen LogP contribution in [0.2, 0.25) is 0 Å². The lowest BCUT2D eigenvalue weighted by atomic mass is 10.1. The molecule has 0 aromatic heterocycles. The van der Waals surface area contributed by atoms with Gasteiger partial charge in [0, 0.05) is 12.6 Å². The van der Waals surface area contributed by atoms with Crippen LogP contribution in [0.4, 0.5) is 11.4 Å². The van der Waals surface area contributed by atoms with Gasteiger partial charge in [-0.15, -0.1) is 0 Å². The van der Waals surface area contributed by atoms with E-state index >= 15 is 0 Å². The largest absolute Gasteiger partial charge is 0.449 e. The molecular formula is C24H27N3O6S. The van der Waals surface area contributed by atoms with Crippen molar-refractivity contribution in [2.45, 2.75) is 50.2 Å². The average Bonchev–Trinajstić information content (AvgIpc) is 2.83. The number of piperidine rings is 1. The summed E-state index contributed by atoms with van der Waals surface area (Å²) in [6.07, 6.45) is 1.38. The number of anilines is 2. The normalized spacial score (nSPS) is 19.6. The number of carbonyl (C=O) groups is 3. The van der Waals surface area contributed by atoms with Gasteiger partial charge in [0.25, 0.3) is 5.91 Å². The number of hydrogen-bond donors (Lipinski definition) is 1. The smallest absolute Gasteiger partial charge is 0.338 e. The molecule has 10 heteroatoms. The van der Waals surface area contributed by atoms with Crippen molar-refractivity contribution in [1.82, 2.24) is 4.31 Å². The van der Waals surface area contributed by atoms with E-state index < -0.39 is 28.0 Å². The molecule has 0 aliphatic carbocycles. The molecule has 2 atom stereocenters. The van der Waals surface area contributed by atoms with Gasteiger partial charge in [-0.1, -0.05) is 24.6 Å². The zero-order valence-electron chi connectivity index (χ0n) is 19.1. The van der Waals surface area contributed by atoms with Crippen LogP contribution in [0.15, 0.2) is 53.4 Å². The minimum absolute atomic E-state index is 0.0105. The number of esters is 1. The molecule has 1 saturated heterocycles. The maximum absolute atomic E-state index is 13.1. The van der Waals surface area contributed by atoms with Crippen molar-refractivity contribution in [1.29, 1.82) is 0 Å². The number of sulfonamides is 1. The molecular weight excluding hydrogens is 458 g/mol. The summed E-state index contributed by atoms with van der Waals surface area (Å²) >= 11 is 0. The molecule has 0 saturated carbocycles. The number of benzene rings is 2. The fraction of sp³-hybridized carbons (Fsp3) is 0.375. The highest BCUT2D eigenvalue weighted by Gasteiger charge is 2.33. The van der Waals surface area contributed by atoms with Gasteiger partial charge in [0.15, 0.2) is 6.10 Å². The van der Waals surface area contributed by atoms with Crippen LogP contribution < -0.4 is 10.2 Å². The van der Waals surface area contributed by atoms with Crippen molar-refractivity contribution in [3.63, 3.8) is 0 Å². The number of carbonyl (C=O) groups excluding carboxylic acids is 3. The van der Waals surface area contributed by atoms with E-state index in [-0.39, 0.29) is 29.0 Å². The number of fused-ring (bicyclic) bond motifs is 1. The zero-order valence-corrected chi connectivity index (χ0v) is 19.9. The first-order chi connectivity index (χ1) is 16.2. The summed E-state index contributed by atoms with van der Waals surface area (Å²) in [4.78, 5) is 39.1. The third-order valence-electron chi connectivity index (χ3n) is 6.09. The molecule has 1 fully saturated rings. The maximum Gasteiger partial charge on any atom is 0.338 e. The Balaban J connectivity index is 1.50. The number of rotatable bonds is 5. The van der Waals surface area contributed by atoms with E-state index in [1.807, 2.05) is 6.92 Å². The van der Waals surface area contributed by atoms with E-state index in [1.165, 1.54) is 40.4 Å². The second-order valence-electron chi connectivity index (χ2n) is 8.53. The van der Waals surface area contributed by atoms with Gasteiger partial charge in [-0.2, -0.15) is 4.31 Å². The van der Waals surface area contributed by atoms with Crippen molar-refractivity contribution in [3.05, 3.63) is 54.1 Å².